The van der Waals surface area contributed by atoms with E-state index in [0.717, 1.165) is 23.4 Å². The van der Waals surface area contributed by atoms with Crippen LogP contribution >= 0.6 is 0 Å². The largest absolute Gasteiger partial charge is 0.494 e. The molecule has 1 aromatic carbocycles. The molecule has 1 aliphatic heterocycles. The van der Waals surface area contributed by atoms with Gasteiger partial charge in [0.15, 0.2) is 0 Å². The number of hydrogen-bond donors (Lipinski definition) is 0. The molecule has 0 aromatic heterocycles. The highest BCUT2D eigenvalue weighted by atomic mass is 16.5. The number of rotatable bonds is 7. The van der Waals surface area contributed by atoms with Gasteiger partial charge in [-0.15, -0.1) is 0 Å². The Labute approximate surface area is 151 Å². The van der Waals surface area contributed by atoms with Crippen LogP contribution in [0.2, 0.25) is 0 Å². The molecule has 5 nitrogen and oxygen atoms in total. The van der Waals surface area contributed by atoms with E-state index in [4.69, 9.17) is 14.2 Å². The van der Waals surface area contributed by atoms with Crippen LogP contribution in [0.3, 0.4) is 0 Å². The second-order valence-electron chi connectivity index (χ2n) is 7.25. The lowest BCUT2D eigenvalue weighted by Gasteiger charge is -2.46. The van der Waals surface area contributed by atoms with Gasteiger partial charge in [0.05, 0.1) is 19.8 Å². The van der Waals surface area contributed by atoms with Gasteiger partial charge >= 0.3 is 0 Å². The second-order valence-corrected chi connectivity index (χ2v) is 7.25. The molecule has 2 rings (SSSR count). The van der Waals surface area contributed by atoms with Crippen molar-refractivity contribution in [2.75, 3.05) is 31.8 Å². The van der Waals surface area contributed by atoms with Crippen LogP contribution in [0.15, 0.2) is 18.2 Å². The van der Waals surface area contributed by atoms with Crippen molar-refractivity contribution < 1.29 is 19.0 Å². The predicted octanol–water partition coefficient (Wildman–Crippen LogP) is 3.76. The summed E-state index contributed by atoms with van der Waals surface area (Å²) in [6, 6.07) is 6.00. The molecule has 25 heavy (non-hydrogen) atoms. The lowest BCUT2D eigenvalue weighted by atomic mass is 9.79. The van der Waals surface area contributed by atoms with Gasteiger partial charge < -0.3 is 19.1 Å². The Hall–Kier alpha value is -1.59. The molecule has 140 valence electrons. The second kappa shape index (κ2) is 8.19. The van der Waals surface area contributed by atoms with Crippen LogP contribution in [-0.2, 0) is 14.3 Å². The minimum absolute atomic E-state index is 0.0154. The Morgan fingerprint density at radius 3 is 2.72 bits per heavy atom. The van der Waals surface area contributed by atoms with Crippen LogP contribution in [0.25, 0.3) is 0 Å². The average molecular weight is 349 g/mol. The number of nitrogens with zero attached hydrogens (tertiary/aromatic N) is 1. The summed E-state index contributed by atoms with van der Waals surface area (Å²) in [7, 11) is 1.62. The summed E-state index contributed by atoms with van der Waals surface area (Å²) >= 11 is 0. The number of ether oxygens (including phenoxy) is 3. The Morgan fingerprint density at radius 1 is 1.36 bits per heavy atom. The molecule has 2 unspecified atom stereocenters. The van der Waals surface area contributed by atoms with Crippen molar-refractivity contribution in [3.63, 3.8) is 0 Å². The molecular formula is C20H31NO4. The van der Waals surface area contributed by atoms with Crippen LogP contribution in [0.1, 0.15) is 52.5 Å². The van der Waals surface area contributed by atoms with Gasteiger partial charge in [-0.1, -0.05) is 6.92 Å². The fourth-order valence-electron chi connectivity index (χ4n) is 3.64. The summed E-state index contributed by atoms with van der Waals surface area (Å²) in [4.78, 5) is 15.0. The van der Waals surface area contributed by atoms with E-state index in [1.54, 1.807) is 14.0 Å². The summed E-state index contributed by atoms with van der Waals surface area (Å²) in [5, 5.41) is 0. The van der Waals surface area contributed by atoms with Crippen molar-refractivity contribution in [1.82, 2.24) is 0 Å². The highest BCUT2D eigenvalue weighted by molar-refractivity contribution is 5.99. The predicted molar refractivity (Wildman–Crippen MR) is 99.5 cm³/mol. The van der Waals surface area contributed by atoms with E-state index >= 15 is 0 Å². The van der Waals surface area contributed by atoms with Crippen LogP contribution in [0.4, 0.5) is 5.69 Å². The van der Waals surface area contributed by atoms with Crippen LogP contribution in [0.5, 0.6) is 5.75 Å². The van der Waals surface area contributed by atoms with Crippen molar-refractivity contribution in [2.24, 2.45) is 0 Å². The molecule has 0 bridgehead atoms. The molecule has 2 atom stereocenters. The van der Waals surface area contributed by atoms with E-state index in [1.165, 1.54) is 0 Å². The first-order chi connectivity index (χ1) is 11.8. The Bertz CT molecular complexity index is 599. The minimum atomic E-state index is -0.512. The number of fused-ring (bicyclic) bond motifs is 1. The molecule has 0 saturated heterocycles. The Morgan fingerprint density at radius 2 is 2.08 bits per heavy atom. The molecule has 5 heteroatoms. The lowest BCUT2D eigenvalue weighted by Crippen LogP contribution is -2.54. The van der Waals surface area contributed by atoms with E-state index in [-0.39, 0.29) is 11.4 Å². The average Bonchev–Trinajstić information content (AvgIpc) is 2.55. The SMILES string of the molecule is CCOc1ccc2c(c1)C(C)CC(C)(C)N2C(=O)C(C)OCCOC. The number of methoxy groups -OCH3 is 1. The maximum Gasteiger partial charge on any atom is 0.256 e. The number of hydrogen-bond acceptors (Lipinski definition) is 4. The fraction of sp³-hybridized carbons (Fsp3) is 0.650. The van der Waals surface area contributed by atoms with E-state index in [0.29, 0.717) is 25.7 Å². The van der Waals surface area contributed by atoms with Gasteiger partial charge in [-0.2, -0.15) is 0 Å². The molecule has 0 radical (unpaired) electrons. The third-order valence-corrected chi connectivity index (χ3v) is 4.72. The van der Waals surface area contributed by atoms with Gasteiger partial charge in [-0.25, -0.2) is 0 Å². The molecule has 0 saturated carbocycles. The summed E-state index contributed by atoms with van der Waals surface area (Å²) < 4.78 is 16.3. The smallest absolute Gasteiger partial charge is 0.256 e. The van der Waals surface area contributed by atoms with Crippen molar-refractivity contribution >= 4 is 11.6 Å². The molecule has 0 N–H and O–H groups in total. The summed E-state index contributed by atoms with van der Waals surface area (Å²) in [6.07, 6.45) is 0.383. The summed E-state index contributed by atoms with van der Waals surface area (Å²) in [5.74, 6) is 1.20. The van der Waals surface area contributed by atoms with Crippen molar-refractivity contribution in [2.45, 2.75) is 58.6 Å². The van der Waals surface area contributed by atoms with Gasteiger partial charge in [-0.3, -0.25) is 4.79 Å². The quantitative estimate of drug-likeness (QED) is 0.703. The lowest BCUT2D eigenvalue weighted by molar-refractivity contribution is -0.131. The van der Waals surface area contributed by atoms with Gasteiger partial charge in [-0.05, 0) is 63.8 Å². The van der Waals surface area contributed by atoms with E-state index in [2.05, 4.69) is 26.8 Å². The molecule has 1 aromatic rings. The van der Waals surface area contributed by atoms with Gasteiger partial charge in [0.2, 0.25) is 0 Å². The zero-order valence-electron chi connectivity index (χ0n) is 16.3. The number of benzene rings is 1. The van der Waals surface area contributed by atoms with Crippen LogP contribution < -0.4 is 9.64 Å². The van der Waals surface area contributed by atoms with Gasteiger partial charge in [0, 0.05) is 18.3 Å². The number of carbonyl (C=O) groups excluding carboxylic acids is 1. The van der Waals surface area contributed by atoms with Crippen LogP contribution in [-0.4, -0.2) is 44.5 Å². The third-order valence-electron chi connectivity index (χ3n) is 4.72. The van der Waals surface area contributed by atoms with Gasteiger partial charge in [0.1, 0.15) is 11.9 Å². The first-order valence-corrected chi connectivity index (χ1v) is 9.03. The summed E-state index contributed by atoms with van der Waals surface area (Å²) in [5.41, 5.74) is 1.84. The number of carbonyl (C=O) groups is 1. The molecule has 1 amide bonds. The number of amides is 1. The molecule has 0 fully saturated rings. The zero-order valence-corrected chi connectivity index (χ0v) is 16.3. The monoisotopic (exact) mass is 349 g/mol. The Balaban J connectivity index is 2.33. The van der Waals surface area contributed by atoms with E-state index in [9.17, 15) is 4.79 Å². The highest BCUT2D eigenvalue weighted by Crippen LogP contribution is 2.45. The fourth-order valence-corrected chi connectivity index (χ4v) is 3.64. The molecule has 1 heterocycles. The minimum Gasteiger partial charge on any atom is -0.494 e. The molecule has 0 spiro atoms. The first-order valence-electron chi connectivity index (χ1n) is 9.03. The standard InChI is InChI=1S/C20H31NO4/c1-7-24-16-8-9-18-17(12-16)14(2)13-20(4,5)21(18)19(22)15(3)25-11-10-23-6/h8-9,12,14-15H,7,10-11,13H2,1-6H3. The summed E-state index contributed by atoms with van der Waals surface area (Å²) in [6.45, 7) is 11.7. The van der Waals surface area contributed by atoms with Gasteiger partial charge in [0.25, 0.3) is 5.91 Å². The normalized spacial score (nSPS) is 20.1. The Kier molecular flexibility index (Phi) is 6.47. The van der Waals surface area contributed by atoms with E-state index < -0.39 is 6.10 Å². The topological polar surface area (TPSA) is 48.0 Å². The highest BCUT2D eigenvalue weighted by Gasteiger charge is 2.41. The van der Waals surface area contributed by atoms with Crippen molar-refractivity contribution in [3.05, 3.63) is 23.8 Å². The van der Waals surface area contributed by atoms with Crippen LogP contribution in [0, 0.1) is 0 Å². The zero-order chi connectivity index (χ0) is 18.6. The maximum atomic E-state index is 13.1. The molecular weight excluding hydrogens is 318 g/mol. The third kappa shape index (κ3) is 4.33. The maximum absolute atomic E-state index is 13.1. The number of anilines is 1. The first kappa shape index (κ1) is 19.7. The van der Waals surface area contributed by atoms with E-state index in [1.807, 2.05) is 24.0 Å². The molecule has 0 aliphatic carbocycles. The molecule has 1 aliphatic rings. The van der Waals surface area contributed by atoms with Crippen molar-refractivity contribution in [1.29, 1.82) is 0 Å². The van der Waals surface area contributed by atoms with Crippen molar-refractivity contribution in [3.8, 4) is 5.75 Å².